The summed E-state index contributed by atoms with van der Waals surface area (Å²) in [6, 6.07) is 6.47. The maximum absolute atomic E-state index is 11.0. The second kappa shape index (κ2) is 4.15. The summed E-state index contributed by atoms with van der Waals surface area (Å²) in [7, 11) is -2.29. The van der Waals surface area contributed by atoms with E-state index >= 15 is 0 Å². The molecule has 1 rings (SSSR count). The third-order valence-electron chi connectivity index (χ3n) is 1.48. The van der Waals surface area contributed by atoms with Gasteiger partial charge in [0.25, 0.3) is 0 Å². The lowest BCUT2D eigenvalue weighted by molar-refractivity contribution is 0.392. The van der Waals surface area contributed by atoms with Crippen LogP contribution in [0.15, 0.2) is 36.3 Å². The highest BCUT2D eigenvalue weighted by Gasteiger charge is 2.10. The van der Waals surface area contributed by atoms with E-state index in [9.17, 15) is 8.42 Å². The molecule has 5 heteroatoms. The van der Waals surface area contributed by atoms with Crippen molar-refractivity contribution >= 4 is 10.1 Å². The minimum absolute atomic E-state index is 0.148. The molecule has 0 amide bonds. The highest BCUT2D eigenvalue weighted by Crippen LogP contribution is 2.27. The van der Waals surface area contributed by atoms with Crippen molar-refractivity contribution in [2.24, 2.45) is 0 Å². The third kappa shape index (κ3) is 2.50. The molecule has 0 saturated heterocycles. The van der Waals surface area contributed by atoms with Gasteiger partial charge in [0, 0.05) is 0 Å². The Hall–Kier alpha value is -1.49. The van der Waals surface area contributed by atoms with Crippen molar-refractivity contribution in [3.8, 4) is 11.5 Å². The fourth-order valence-electron chi connectivity index (χ4n) is 0.847. The van der Waals surface area contributed by atoms with Crippen molar-refractivity contribution in [3.63, 3.8) is 0 Å². The summed E-state index contributed by atoms with van der Waals surface area (Å²) in [5.74, 6) is 0.507. The van der Waals surface area contributed by atoms with Crippen molar-refractivity contribution in [3.05, 3.63) is 36.3 Å². The second-order valence-corrected chi connectivity index (χ2v) is 3.88. The zero-order valence-corrected chi connectivity index (χ0v) is 8.45. The van der Waals surface area contributed by atoms with Crippen LogP contribution >= 0.6 is 0 Å². The molecule has 4 nitrogen and oxygen atoms in total. The van der Waals surface area contributed by atoms with Gasteiger partial charge in [-0.2, -0.15) is 8.42 Å². The lowest BCUT2D eigenvalue weighted by atomic mass is 10.3. The van der Waals surface area contributed by atoms with Crippen LogP contribution in [-0.2, 0) is 10.1 Å². The number of rotatable bonds is 4. The first-order valence-corrected chi connectivity index (χ1v) is 5.26. The van der Waals surface area contributed by atoms with E-state index in [4.69, 9.17) is 8.92 Å². The average Bonchev–Trinajstić information content (AvgIpc) is 2.18. The second-order valence-electron chi connectivity index (χ2n) is 2.39. The van der Waals surface area contributed by atoms with Gasteiger partial charge in [0.2, 0.25) is 0 Å². The van der Waals surface area contributed by atoms with Gasteiger partial charge in [0.15, 0.2) is 11.5 Å². The molecule has 0 aliphatic heterocycles. The molecule has 14 heavy (non-hydrogen) atoms. The quantitative estimate of drug-likeness (QED) is 0.713. The van der Waals surface area contributed by atoms with E-state index in [1.165, 1.54) is 13.2 Å². The lowest BCUT2D eigenvalue weighted by Crippen LogP contribution is -2.05. The molecule has 0 N–H and O–H groups in total. The standard InChI is InChI=1S/C9H10O4S/c1-3-14(10,11)13-9-7-5-4-6-8(9)12-2/h3-7H,1H2,2H3. The maximum atomic E-state index is 11.0. The van der Waals surface area contributed by atoms with Gasteiger partial charge in [-0.05, 0) is 12.1 Å². The fraction of sp³-hybridized carbons (Fsp3) is 0.111. The molecule has 0 bridgehead atoms. The van der Waals surface area contributed by atoms with Crippen LogP contribution in [0.2, 0.25) is 0 Å². The Morgan fingerprint density at radius 1 is 1.29 bits per heavy atom. The van der Waals surface area contributed by atoms with Crippen LogP contribution in [0.4, 0.5) is 0 Å². The molecule has 0 atom stereocenters. The monoisotopic (exact) mass is 214 g/mol. The lowest BCUT2D eigenvalue weighted by Gasteiger charge is -2.07. The minimum atomic E-state index is -3.72. The molecule has 1 aromatic carbocycles. The Balaban J connectivity index is 3.03. The first kappa shape index (κ1) is 10.6. The molecular formula is C9H10O4S. The Labute approximate surface area is 82.9 Å². The van der Waals surface area contributed by atoms with Gasteiger partial charge in [0.1, 0.15) is 0 Å². The van der Waals surface area contributed by atoms with Gasteiger partial charge in [-0.25, -0.2) is 0 Å². The van der Waals surface area contributed by atoms with Crippen LogP contribution in [-0.4, -0.2) is 15.5 Å². The molecule has 0 aliphatic rings. The van der Waals surface area contributed by atoms with Crippen LogP contribution in [0.3, 0.4) is 0 Å². The Morgan fingerprint density at radius 3 is 2.36 bits per heavy atom. The molecule has 0 saturated carbocycles. The SMILES string of the molecule is C=CS(=O)(=O)Oc1ccccc1OC. The smallest absolute Gasteiger partial charge is 0.331 e. The molecule has 0 spiro atoms. The zero-order valence-electron chi connectivity index (χ0n) is 7.64. The summed E-state index contributed by atoms with van der Waals surface area (Å²) < 4.78 is 31.7. The number of ether oxygens (including phenoxy) is 1. The Morgan fingerprint density at radius 2 is 1.86 bits per heavy atom. The van der Waals surface area contributed by atoms with E-state index in [1.807, 2.05) is 0 Å². The predicted octanol–water partition coefficient (Wildman–Crippen LogP) is 1.55. The predicted molar refractivity (Wildman–Crippen MR) is 52.7 cm³/mol. The third-order valence-corrected chi connectivity index (χ3v) is 2.30. The van der Waals surface area contributed by atoms with E-state index in [-0.39, 0.29) is 5.75 Å². The van der Waals surface area contributed by atoms with Crippen LogP contribution < -0.4 is 8.92 Å². The molecule has 0 heterocycles. The summed E-state index contributed by atoms with van der Waals surface area (Å²) in [4.78, 5) is 0. The zero-order chi connectivity index (χ0) is 10.6. The topological polar surface area (TPSA) is 52.6 Å². The van der Waals surface area contributed by atoms with Crippen molar-refractivity contribution in [1.29, 1.82) is 0 Å². The van der Waals surface area contributed by atoms with Gasteiger partial charge < -0.3 is 8.92 Å². The van der Waals surface area contributed by atoms with Crippen molar-refractivity contribution in [2.45, 2.75) is 0 Å². The Kier molecular flexibility index (Phi) is 3.14. The van der Waals surface area contributed by atoms with Crippen molar-refractivity contribution in [2.75, 3.05) is 7.11 Å². The summed E-state index contributed by atoms with van der Waals surface area (Å²) in [6.45, 7) is 3.13. The first-order valence-electron chi connectivity index (χ1n) is 3.79. The largest absolute Gasteiger partial charge is 0.493 e. The van der Waals surface area contributed by atoms with E-state index in [0.29, 0.717) is 5.75 Å². The van der Waals surface area contributed by atoms with E-state index in [0.717, 1.165) is 5.41 Å². The number of hydrogen-bond donors (Lipinski definition) is 0. The van der Waals surface area contributed by atoms with Crippen molar-refractivity contribution < 1.29 is 17.3 Å². The molecule has 1 aromatic rings. The highest BCUT2D eigenvalue weighted by molar-refractivity contribution is 7.90. The number of para-hydroxylation sites is 2. The van der Waals surface area contributed by atoms with Gasteiger partial charge in [0.05, 0.1) is 12.5 Å². The van der Waals surface area contributed by atoms with Crippen LogP contribution in [0.5, 0.6) is 11.5 Å². The van der Waals surface area contributed by atoms with Gasteiger partial charge in [-0.1, -0.05) is 18.7 Å². The van der Waals surface area contributed by atoms with E-state index in [2.05, 4.69) is 6.58 Å². The van der Waals surface area contributed by atoms with Crippen LogP contribution in [0, 0.1) is 0 Å². The molecule has 0 unspecified atom stereocenters. The molecule has 0 aliphatic carbocycles. The van der Waals surface area contributed by atoms with E-state index < -0.39 is 10.1 Å². The first-order chi connectivity index (χ1) is 6.59. The van der Waals surface area contributed by atoms with Crippen LogP contribution in [0.1, 0.15) is 0 Å². The molecular weight excluding hydrogens is 204 g/mol. The van der Waals surface area contributed by atoms with Gasteiger partial charge >= 0.3 is 10.1 Å². The molecule has 0 aromatic heterocycles. The van der Waals surface area contributed by atoms with Crippen molar-refractivity contribution in [1.82, 2.24) is 0 Å². The summed E-state index contributed by atoms with van der Waals surface area (Å²) in [5.41, 5.74) is 0. The number of benzene rings is 1. The number of methoxy groups -OCH3 is 1. The summed E-state index contributed by atoms with van der Waals surface area (Å²) in [6.07, 6.45) is 0. The molecule has 0 fully saturated rings. The summed E-state index contributed by atoms with van der Waals surface area (Å²) in [5, 5.41) is 0.736. The van der Waals surface area contributed by atoms with Gasteiger partial charge in [-0.15, -0.1) is 0 Å². The molecule has 0 radical (unpaired) electrons. The van der Waals surface area contributed by atoms with E-state index in [1.54, 1.807) is 18.2 Å². The normalized spacial score (nSPS) is 10.6. The van der Waals surface area contributed by atoms with Crippen LogP contribution in [0.25, 0.3) is 0 Å². The Bertz CT molecular complexity index is 422. The maximum Gasteiger partial charge on any atom is 0.331 e. The summed E-state index contributed by atoms with van der Waals surface area (Å²) >= 11 is 0. The fourth-order valence-corrected chi connectivity index (χ4v) is 1.30. The highest BCUT2D eigenvalue weighted by atomic mass is 32.2. The average molecular weight is 214 g/mol. The number of hydrogen-bond acceptors (Lipinski definition) is 4. The minimum Gasteiger partial charge on any atom is -0.493 e. The molecule has 76 valence electrons. The van der Waals surface area contributed by atoms with Gasteiger partial charge in [-0.3, -0.25) is 0 Å².